The number of aromatic nitrogens is 4. The second-order valence-corrected chi connectivity index (χ2v) is 6.23. The minimum absolute atomic E-state index is 0.302. The predicted octanol–water partition coefficient (Wildman–Crippen LogP) is 1.44. The number of piperidine rings is 1. The second-order valence-electron chi connectivity index (χ2n) is 6.23. The summed E-state index contributed by atoms with van der Waals surface area (Å²) in [7, 11) is 1.81. The van der Waals surface area contributed by atoms with Crippen molar-refractivity contribution in [3.8, 4) is 0 Å². The van der Waals surface area contributed by atoms with E-state index in [1.807, 2.05) is 25.8 Å². The van der Waals surface area contributed by atoms with E-state index in [2.05, 4.69) is 15.1 Å². The third kappa shape index (κ3) is 2.12. The summed E-state index contributed by atoms with van der Waals surface area (Å²) in [6, 6.07) is -0.593. The molecule has 1 N–H and O–H groups in total. The summed E-state index contributed by atoms with van der Waals surface area (Å²) in [4.78, 5) is 22.2. The van der Waals surface area contributed by atoms with Crippen molar-refractivity contribution < 1.29 is 9.90 Å². The molecule has 3 heterocycles. The number of carboxylic acid groups (broad SMARTS) is 1. The molecule has 0 spiro atoms. The van der Waals surface area contributed by atoms with E-state index in [-0.39, 0.29) is 5.41 Å². The predicted molar refractivity (Wildman–Crippen MR) is 78.1 cm³/mol. The Morgan fingerprint density at radius 1 is 1.43 bits per heavy atom. The van der Waals surface area contributed by atoms with Crippen LogP contribution < -0.4 is 4.90 Å². The Labute approximate surface area is 122 Å². The van der Waals surface area contributed by atoms with Gasteiger partial charge in [0.2, 0.25) is 0 Å². The maximum absolute atomic E-state index is 11.8. The van der Waals surface area contributed by atoms with Gasteiger partial charge in [-0.3, -0.25) is 4.68 Å². The van der Waals surface area contributed by atoms with Gasteiger partial charge >= 0.3 is 5.97 Å². The smallest absolute Gasteiger partial charge is 0.326 e. The van der Waals surface area contributed by atoms with E-state index < -0.39 is 12.0 Å². The summed E-state index contributed by atoms with van der Waals surface area (Å²) in [5.41, 5.74) is 0.413. The van der Waals surface area contributed by atoms with E-state index in [0.29, 0.717) is 18.0 Å². The highest BCUT2D eigenvalue weighted by molar-refractivity contribution is 5.90. The topological polar surface area (TPSA) is 84.1 Å². The molecule has 1 saturated heterocycles. The largest absolute Gasteiger partial charge is 0.480 e. The lowest BCUT2D eigenvalue weighted by Gasteiger charge is -2.44. The quantitative estimate of drug-likeness (QED) is 0.900. The number of carboxylic acids is 1. The van der Waals surface area contributed by atoms with Crippen LogP contribution in [0.5, 0.6) is 0 Å². The molecule has 1 aliphatic heterocycles. The molecular weight excluding hydrogens is 270 g/mol. The monoisotopic (exact) mass is 289 g/mol. The molecule has 2 aromatic heterocycles. The number of anilines is 1. The van der Waals surface area contributed by atoms with Gasteiger partial charge in [0.25, 0.3) is 0 Å². The number of hydrogen-bond acceptors (Lipinski definition) is 5. The molecule has 0 aliphatic carbocycles. The third-order valence-electron chi connectivity index (χ3n) is 4.29. The number of aryl methyl sites for hydroxylation is 1. The van der Waals surface area contributed by atoms with E-state index in [1.165, 1.54) is 6.33 Å². The van der Waals surface area contributed by atoms with E-state index in [0.717, 1.165) is 18.2 Å². The molecule has 0 amide bonds. The highest BCUT2D eigenvalue weighted by Gasteiger charge is 2.43. The minimum Gasteiger partial charge on any atom is -0.480 e. The Hall–Kier alpha value is -2.18. The lowest BCUT2D eigenvalue weighted by atomic mass is 9.76. The molecule has 0 saturated carbocycles. The van der Waals surface area contributed by atoms with Gasteiger partial charge in [0, 0.05) is 13.6 Å². The average molecular weight is 289 g/mol. The zero-order valence-electron chi connectivity index (χ0n) is 12.4. The van der Waals surface area contributed by atoms with Crippen LogP contribution in [0.15, 0.2) is 12.5 Å². The van der Waals surface area contributed by atoms with Crippen LogP contribution in [0.25, 0.3) is 11.0 Å². The number of carbonyl (C=O) groups is 1. The molecule has 7 nitrogen and oxygen atoms in total. The first-order chi connectivity index (χ1) is 9.92. The summed E-state index contributed by atoms with van der Waals surface area (Å²) >= 11 is 0. The van der Waals surface area contributed by atoms with Crippen molar-refractivity contribution in [3.63, 3.8) is 0 Å². The molecule has 21 heavy (non-hydrogen) atoms. The van der Waals surface area contributed by atoms with Crippen molar-refractivity contribution in [2.24, 2.45) is 12.5 Å². The summed E-state index contributed by atoms with van der Waals surface area (Å²) < 4.78 is 1.67. The summed E-state index contributed by atoms with van der Waals surface area (Å²) in [6.45, 7) is 4.68. The highest BCUT2D eigenvalue weighted by Crippen LogP contribution is 2.38. The molecule has 3 rings (SSSR count). The fraction of sp³-hybridized carbons (Fsp3) is 0.571. The molecule has 1 atom stereocenters. The fourth-order valence-corrected chi connectivity index (χ4v) is 3.27. The van der Waals surface area contributed by atoms with Gasteiger partial charge in [0.1, 0.15) is 18.2 Å². The van der Waals surface area contributed by atoms with Crippen molar-refractivity contribution in [1.82, 2.24) is 19.7 Å². The zero-order chi connectivity index (χ0) is 15.2. The number of hydrogen-bond donors (Lipinski definition) is 1. The van der Waals surface area contributed by atoms with Crippen LogP contribution in [0.4, 0.5) is 5.82 Å². The van der Waals surface area contributed by atoms with Gasteiger partial charge < -0.3 is 10.0 Å². The SMILES string of the molecule is Cn1ncc2c(N3CCCC(C)(C)C3C(=O)O)ncnc21. The lowest BCUT2D eigenvalue weighted by Crippen LogP contribution is -2.54. The van der Waals surface area contributed by atoms with Crippen LogP contribution in [0, 0.1) is 5.41 Å². The Bertz CT molecular complexity index is 694. The Morgan fingerprint density at radius 2 is 2.19 bits per heavy atom. The molecule has 0 radical (unpaired) electrons. The van der Waals surface area contributed by atoms with Crippen molar-refractivity contribution in [2.45, 2.75) is 32.7 Å². The van der Waals surface area contributed by atoms with Gasteiger partial charge in [0.05, 0.1) is 11.6 Å². The van der Waals surface area contributed by atoms with Crippen LogP contribution in [-0.2, 0) is 11.8 Å². The molecule has 7 heteroatoms. The first-order valence-electron chi connectivity index (χ1n) is 7.04. The van der Waals surface area contributed by atoms with E-state index in [4.69, 9.17) is 0 Å². The Balaban J connectivity index is 2.14. The van der Waals surface area contributed by atoms with Crippen LogP contribution in [0.3, 0.4) is 0 Å². The van der Waals surface area contributed by atoms with Gasteiger partial charge in [-0.25, -0.2) is 14.8 Å². The van der Waals surface area contributed by atoms with Gasteiger partial charge in [-0.1, -0.05) is 13.8 Å². The van der Waals surface area contributed by atoms with Crippen molar-refractivity contribution >= 4 is 22.8 Å². The standard InChI is InChI=1S/C14H19N5O2/c1-14(2)5-4-6-19(10(14)13(20)21)12-9-7-17-18(3)11(9)15-8-16-12/h7-8,10H,4-6H2,1-3H3,(H,20,21). The Morgan fingerprint density at radius 3 is 2.90 bits per heavy atom. The number of nitrogens with zero attached hydrogens (tertiary/aromatic N) is 5. The van der Waals surface area contributed by atoms with Crippen molar-refractivity contribution in [2.75, 3.05) is 11.4 Å². The van der Waals surface area contributed by atoms with Gasteiger partial charge in [0.15, 0.2) is 5.65 Å². The molecule has 112 valence electrons. The van der Waals surface area contributed by atoms with Crippen molar-refractivity contribution in [1.29, 1.82) is 0 Å². The first-order valence-corrected chi connectivity index (χ1v) is 7.04. The molecule has 1 fully saturated rings. The maximum atomic E-state index is 11.8. The Kier molecular flexibility index (Phi) is 3.07. The first kappa shape index (κ1) is 13.8. The fourth-order valence-electron chi connectivity index (χ4n) is 3.27. The molecule has 1 aliphatic rings. The summed E-state index contributed by atoms with van der Waals surface area (Å²) in [5.74, 6) is -0.149. The van der Waals surface area contributed by atoms with Crippen LogP contribution in [0.1, 0.15) is 26.7 Å². The van der Waals surface area contributed by atoms with Gasteiger partial charge in [-0.2, -0.15) is 5.10 Å². The third-order valence-corrected chi connectivity index (χ3v) is 4.29. The summed E-state index contributed by atoms with van der Waals surface area (Å²) in [6.07, 6.45) is 5.01. The van der Waals surface area contributed by atoms with Crippen molar-refractivity contribution in [3.05, 3.63) is 12.5 Å². The molecule has 2 aromatic rings. The van der Waals surface area contributed by atoms with Crippen LogP contribution in [-0.4, -0.2) is 43.4 Å². The van der Waals surface area contributed by atoms with E-state index in [9.17, 15) is 9.90 Å². The molecular formula is C14H19N5O2. The lowest BCUT2D eigenvalue weighted by molar-refractivity contribution is -0.142. The molecule has 1 unspecified atom stereocenters. The van der Waals surface area contributed by atoms with E-state index >= 15 is 0 Å². The highest BCUT2D eigenvalue weighted by atomic mass is 16.4. The van der Waals surface area contributed by atoms with Crippen LogP contribution in [0.2, 0.25) is 0 Å². The summed E-state index contributed by atoms with van der Waals surface area (Å²) in [5, 5.41) is 14.7. The molecule has 0 bridgehead atoms. The maximum Gasteiger partial charge on any atom is 0.326 e. The van der Waals surface area contributed by atoms with Gasteiger partial charge in [-0.15, -0.1) is 0 Å². The number of rotatable bonds is 2. The average Bonchev–Trinajstić information content (AvgIpc) is 2.79. The number of aliphatic carboxylic acids is 1. The van der Waals surface area contributed by atoms with Gasteiger partial charge in [-0.05, 0) is 18.3 Å². The zero-order valence-corrected chi connectivity index (χ0v) is 12.4. The minimum atomic E-state index is -0.810. The van der Waals surface area contributed by atoms with Crippen LogP contribution >= 0.6 is 0 Å². The normalized spacial score (nSPS) is 21.7. The number of fused-ring (bicyclic) bond motifs is 1. The van der Waals surface area contributed by atoms with E-state index in [1.54, 1.807) is 10.9 Å². The molecule has 0 aromatic carbocycles. The second kappa shape index (κ2) is 4.68.